The van der Waals surface area contributed by atoms with Gasteiger partial charge in [0.15, 0.2) is 0 Å². The first-order valence-corrected chi connectivity index (χ1v) is 5.10. The van der Waals surface area contributed by atoms with Crippen LogP contribution in [0.5, 0.6) is 0 Å². The molecule has 66 valence electrons. The molecule has 0 spiro atoms. The van der Waals surface area contributed by atoms with Crippen molar-refractivity contribution in [3.63, 3.8) is 0 Å². The maximum atomic E-state index is 5.17. The van der Waals surface area contributed by atoms with E-state index in [0.717, 1.165) is 18.3 Å². The predicted octanol–water partition coefficient (Wildman–Crippen LogP) is 1.52. The molecule has 1 fully saturated rings. The summed E-state index contributed by atoms with van der Waals surface area (Å²) in [5, 5.41) is 4.82. The highest BCUT2D eigenvalue weighted by atomic mass is 32.2. The summed E-state index contributed by atoms with van der Waals surface area (Å²) in [4.78, 5) is 4.09. The minimum Gasteiger partial charge on any atom is -0.440 e. The van der Waals surface area contributed by atoms with Gasteiger partial charge < -0.3 is 9.73 Å². The summed E-state index contributed by atoms with van der Waals surface area (Å²) in [6, 6.07) is 0. The molecule has 0 amide bonds. The quantitative estimate of drug-likeness (QED) is 0.756. The van der Waals surface area contributed by atoms with Crippen molar-refractivity contribution >= 4 is 11.8 Å². The van der Waals surface area contributed by atoms with E-state index < -0.39 is 0 Å². The first-order chi connectivity index (χ1) is 5.95. The van der Waals surface area contributed by atoms with Crippen LogP contribution < -0.4 is 5.32 Å². The van der Waals surface area contributed by atoms with Gasteiger partial charge in [0.25, 0.3) is 5.22 Å². The highest BCUT2D eigenvalue weighted by molar-refractivity contribution is 7.99. The zero-order valence-corrected chi connectivity index (χ0v) is 7.64. The van der Waals surface area contributed by atoms with E-state index in [1.54, 1.807) is 24.2 Å². The van der Waals surface area contributed by atoms with Gasteiger partial charge in [0, 0.05) is 5.25 Å². The Bertz CT molecular complexity index is 219. The van der Waals surface area contributed by atoms with Gasteiger partial charge in [-0.1, -0.05) is 11.8 Å². The summed E-state index contributed by atoms with van der Waals surface area (Å²) in [6.07, 6.45) is 5.76. The first kappa shape index (κ1) is 8.13. The Balaban J connectivity index is 1.86. The van der Waals surface area contributed by atoms with Crippen LogP contribution in [0.1, 0.15) is 12.8 Å². The molecule has 0 saturated carbocycles. The number of nitrogens with zero attached hydrogens (tertiary/aromatic N) is 1. The van der Waals surface area contributed by atoms with Crippen molar-refractivity contribution in [1.29, 1.82) is 0 Å². The normalized spacial score (nSPS) is 19.7. The Morgan fingerprint density at radius 2 is 2.33 bits per heavy atom. The number of hydrogen-bond acceptors (Lipinski definition) is 4. The number of aromatic nitrogens is 1. The molecule has 0 radical (unpaired) electrons. The van der Waals surface area contributed by atoms with Crippen LogP contribution in [-0.2, 0) is 0 Å². The Labute approximate surface area is 75.9 Å². The molecule has 1 aromatic heterocycles. The molecule has 1 N–H and O–H groups in total. The average molecular weight is 184 g/mol. The fourth-order valence-electron chi connectivity index (χ4n) is 1.32. The Kier molecular flexibility index (Phi) is 2.68. The minimum absolute atomic E-state index is 0.685. The second kappa shape index (κ2) is 3.96. The van der Waals surface area contributed by atoms with E-state index >= 15 is 0 Å². The van der Waals surface area contributed by atoms with Crippen molar-refractivity contribution < 1.29 is 4.42 Å². The predicted molar refractivity (Wildman–Crippen MR) is 48.3 cm³/mol. The van der Waals surface area contributed by atoms with E-state index in [2.05, 4.69) is 10.3 Å². The lowest BCUT2D eigenvalue weighted by Gasteiger charge is -2.20. The number of hydrogen-bond donors (Lipinski definition) is 1. The van der Waals surface area contributed by atoms with Gasteiger partial charge in [-0.2, -0.15) is 0 Å². The van der Waals surface area contributed by atoms with Gasteiger partial charge >= 0.3 is 0 Å². The van der Waals surface area contributed by atoms with Crippen molar-refractivity contribution in [2.75, 3.05) is 13.1 Å². The van der Waals surface area contributed by atoms with Gasteiger partial charge in [0.2, 0.25) is 0 Å². The molecule has 0 atom stereocenters. The number of nitrogens with one attached hydrogen (secondary N) is 1. The molecular formula is C8H12N2OS. The van der Waals surface area contributed by atoms with Gasteiger partial charge in [-0.15, -0.1) is 0 Å². The summed E-state index contributed by atoms with van der Waals surface area (Å²) in [7, 11) is 0. The highest BCUT2D eigenvalue weighted by Crippen LogP contribution is 2.26. The molecule has 2 heterocycles. The van der Waals surface area contributed by atoms with Crippen molar-refractivity contribution in [2.45, 2.75) is 23.3 Å². The van der Waals surface area contributed by atoms with Crippen LogP contribution in [0.15, 0.2) is 22.1 Å². The van der Waals surface area contributed by atoms with Crippen LogP contribution in [-0.4, -0.2) is 23.3 Å². The number of thioether (sulfide) groups is 1. The summed E-state index contributed by atoms with van der Waals surface area (Å²) in [5.41, 5.74) is 0. The Morgan fingerprint density at radius 3 is 3.00 bits per heavy atom. The third-order valence-corrected chi connectivity index (χ3v) is 3.17. The smallest absolute Gasteiger partial charge is 0.255 e. The van der Waals surface area contributed by atoms with Crippen LogP contribution in [0.3, 0.4) is 0 Å². The van der Waals surface area contributed by atoms with E-state index in [9.17, 15) is 0 Å². The molecule has 1 aliphatic heterocycles. The molecule has 0 bridgehead atoms. The third-order valence-electron chi connectivity index (χ3n) is 1.96. The van der Waals surface area contributed by atoms with E-state index in [0.29, 0.717) is 5.25 Å². The number of oxazole rings is 1. The lowest BCUT2D eigenvalue weighted by atomic mass is 10.2. The summed E-state index contributed by atoms with van der Waals surface area (Å²) in [6.45, 7) is 2.25. The van der Waals surface area contributed by atoms with Crippen molar-refractivity contribution in [3.05, 3.63) is 12.5 Å². The minimum atomic E-state index is 0.685. The Hall–Kier alpha value is -0.480. The molecule has 1 aliphatic rings. The van der Waals surface area contributed by atoms with E-state index in [1.165, 1.54) is 12.8 Å². The SMILES string of the molecule is c1coc(SC2CCNCC2)n1. The van der Waals surface area contributed by atoms with Crippen molar-refractivity contribution in [1.82, 2.24) is 10.3 Å². The van der Waals surface area contributed by atoms with Crippen LogP contribution in [0, 0.1) is 0 Å². The topological polar surface area (TPSA) is 38.1 Å². The number of piperidine rings is 1. The van der Waals surface area contributed by atoms with Gasteiger partial charge in [-0.25, -0.2) is 4.98 Å². The molecule has 2 rings (SSSR count). The zero-order chi connectivity index (χ0) is 8.23. The fraction of sp³-hybridized carbons (Fsp3) is 0.625. The second-order valence-electron chi connectivity index (χ2n) is 2.87. The molecule has 0 aromatic carbocycles. The fourth-order valence-corrected chi connectivity index (χ4v) is 2.31. The molecule has 1 saturated heterocycles. The monoisotopic (exact) mass is 184 g/mol. The van der Waals surface area contributed by atoms with Crippen LogP contribution in [0.25, 0.3) is 0 Å². The largest absolute Gasteiger partial charge is 0.440 e. The van der Waals surface area contributed by atoms with E-state index in [4.69, 9.17) is 4.42 Å². The molecule has 0 unspecified atom stereocenters. The Morgan fingerprint density at radius 1 is 1.50 bits per heavy atom. The summed E-state index contributed by atoms with van der Waals surface area (Å²) in [5.74, 6) is 0. The maximum absolute atomic E-state index is 5.17. The molecule has 12 heavy (non-hydrogen) atoms. The third kappa shape index (κ3) is 2.01. The van der Waals surface area contributed by atoms with Crippen molar-refractivity contribution in [3.8, 4) is 0 Å². The summed E-state index contributed by atoms with van der Waals surface area (Å²) < 4.78 is 5.17. The molecule has 1 aromatic rings. The van der Waals surface area contributed by atoms with Gasteiger partial charge in [0.05, 0.1) is 6.20 Å². The second-order valence-corrected chi connectivity index (χ2v) is 4.12. The van der Waals surface area contributed by atoms with Crippen LogP contribution in [0.4, 0.5) is 0 Å². The van der Waals surface area contributed by atoms with E-state index in [-0.39, 0.29) is 0 Å². The van der Waals surface area contributed by atoms with Crippen LogP contribution >= 0.6 is 11.8 Å². The molecular weight excluding hydrogens is 172 g/mol. The first-order valence-electron chi connectivity index (χ1n) is 4.22. The molecule has 0 aliphatic carbocycles. The van der Waals surface area contributed by atoms with Crippen LogP contribution in [0.2, 0.25) is 0 Å². The number of rotatable bonds is 2. The van der Waals surface area contributed by atoms with E-state index in [1.807, 2.05) is 0 Å². The standard InChI is InChI=1S/C8H12N2OS/c1-3-9-4-2-7(1)12-8-10-5-6-11-8/h5-7,9H,1-4H2. The van der Waals surface area contributed by atoms with Gasteiger partial charge in [0.1, 0.15) is 6.26 Å². The van der Waals surface area contributed by atoms with Gasteiger partial charge in [-0.05, 0) is 25.9 Å². The highest BCUT2D eigenvalue weighted by Gasteiger charge is 2.15. The molecule has 3 nitrogen and oxygen atoms in total. The summed E-state index contributed by atoms with van der Waals surface area (Å²) >= 11 is 1.75. The molecule has 4 heteroatoms. The maximum Gasteiger partial charge on any atom is 0.255 e. The average Bonchev–Trinajstić information content (AvgIpc) is 2.59. The lowest BCUT2D eigenvalue weighted by Crippen LogP contribution is -2.29. The zero-order valence-electron chi connectivity index (χ0n) is 6.82. The lowest BCUT2D eigenvalue weighted by molar-refractivity contribution is 0.449. The van der Waals surface area contributed by atoms with Crippen molar-refractivity contribution in [2.24, 2.45) is 0 Å². The van der Waals surface area contributed by atoms with Gasteiger partial charge in [-0.3, -0.25) is 0 Å².